The van der Waals surface area contributed by atoms with E-state index in [4.69, 9.17) is 0 Å². The number of carbonyl (C=O) groups is 1. The van der Waals surface area contributed by atoms with Gasteiger partial charge in [-0.1, -0.05) is 49.7 Å². The second kappa shape index (κ2) is 7.59. The Labute approximate surface area is 172 Å². The zero-order chi connectivity index (χ0) is 21.4. The van der Waals surface area contributed by atoms with Crippen LogP contribution >= 0.6 is 0 Å². The Morgan fingerprint density at radius 1 is 1.03 bits per heavy atom. The van der Waals surface area contributed by atoms with Gasteiger partial charge in [-0.15, -0.1) is 0 Å². The number of nitrogens with one attached hydrogen (secondary N) is 1. The molecule has 4 aromatic rings. The summed E-state index contributed by atoms with van der Waals surface area (Å²) in [5.41, 5.74) is 0.991. The summed E-state index contributed by atoms with van der Waals surface area (Å²) in [7, 11) is 2.99. The molecule has 0 atom stereocenters. The molecule has 0 radical (unpaired) electrons. The second-order valence-electron chi connectivity index (χ2n) is 7.29. The number of anilines is 1. The first-order valence-electron chi connectivity index (χ1n) is 9.80. The predicted molar refractivity (Wildman–Crippen MR) is 118 cm³/mol. The molecule has 0 spiro atoms. The third kappa shape index (κ3) is 3.08. The highest BCUT2D eigenvalue weighted by molar-refractivity contribution is 6.15. The van der Waals surface area contributed by atoms with Crippen LogP contribution in [0.1, 0.15) is 29.3 Å². The Bertz CT molecular complexity index is 1410. The van der Waals surface area contributed by atoms with Crippen LogP contribution in [0.15, 0.2) is 58.3 Å². The van der Waals surface area contributed by atoms with Crippen LogP contribution in [0, 0.1) is 0 Å². The molecule has 2 aromatic carbocycles. The van der Waals surface area contributed by atoms with Crippen molar-refractivity contribution in [2.24, 2.45) is 14.1 Å². The van der Waals surface area contributed by atoms with E-state index >= 15 is 0 Å². The lowest BCUT2D eigenvalue weighted by molar-refractivity contribution is 0.102. The van der Waals surface area contributed by atoms with Gasteiger partial charge in [0.05, 0.1) is 5.69 Å². The molecule has 0 aliphatic heterocycles. The van der Waals surface area contributed by atoms with E-state index in [0.717, 1.165) is 27.3 Å². The molecule has 4 rings (SSSR count). The van der Waals surface area contributed by atoms with Gasteiger partial charge < -0.3 is 5.32 Å². The Hall–Kier alpha value is -3.74. The number of fused-ring (bicyclic) bond motifs is 2. The lowest BCUT2D eigenvalue weighted by Gasteiger charge is -2.16. The van der Waals surface area contributed by atoms with Crippen LogP contribution in [0.3, 0.4) is 0 Å². The van der Waals surface area contributed by atoms with E-state index in [9.17, 15) is 14.4 Å². The van der Waals surface area contributed by atoms with Gasteiger partial charge in [0, 0.05) is 25.9 Å². The maximum atomic E-state index is 13.3. The summed E-state index contributed by atoms with van der Waals surface area (Å²) in [5.74, 6) is -0.312. The van der Waals surface area contributed by atoms with Crippen LogP contribution in [0.4, 0.5) is 5.69 Å². The zero-order valence-electron chi connectivity index (χ0n) is 17.1. The minimum atomic E-state index is -0.480. The molecular weight excluding hydrogens is 380 g/mol. The maximum absolute atomic E-state index is 13.3. The number of hydrogen-bond donors (Lipinski definition) is 1. The molecule has 1 amide bonds. The monoisotopic (exact) mass is 402 g/mol. The van der Waals surface area contributed by atoms with Crippen molar-refractivity contribution in [3.63, 3.8) is 0 Å². The summed E-state index contributed by atoms with van der Waals surface area (Å²) >= 11 is 0. The molecule has 0 aliphatic rings. The third-order valence-corrected chi connectivity index (χ3v) is 5.34. The number of rotatable bonds is 4. The number of benzene rings is 2. The largest absolute Gasteiger partial charge is 0.332 e. The molecule has 0 fully saturated rings. The van der Waals surface area contributed by atoms with Crippen LogP contribution in [0.5, 0.6) is 0 Å². The lowest BCUT2D eigenvalue weighted by atomic mass is 10.0. The Balaban J connectivity index is 1.95. The molecule has 0 saturated carbocycles. The molecule has 0 bridgehead atoms. The second-order valence-corrected chi connectivity index (χ2v) is 7.29. The molecule has 7 heteroatoms. The van der Waals surface area contributed by atoms with E-state index in [-0.39, 0.29) is 16.9 Å². The molecule has 0 unspecified atom stereocenters. The summed E-state index contributed by atoms with van der Waals surface area (Å²) in [4.78, 5) is 42.9. The van der Waals surface area contributed by atoms with Crippen molar-refractivity contribution < 1.29 is 4.79 Å². The van der Waals surface area contributed by atoms with E-state index in [2.05, 4.69) is 10.3 Å². The number of carbonyl (C=O) groups excluding carboxylic acids is 1. The molecule has 2 aromatic heterocycles. The van der Waals surface area contributed by atoms with Gasteiger partial charge >= 0.3 is 5.69 Å². The fourth-order valence-corrected chi connectivity index (χ4v) is 3.77. The SMILES string of the molecule is CCCc1cnc2c(c1NC(=O)c1cccc3ccccc13)c(=O)n(C)c(=O)n2C. The number of aryl methyl sites for hydroxylation is 2. The highest BCUT2D eigenvalue weighted by Gasteiger charge is 2.20. The summed E-state index contributed by atoms with van der Waals surface area (Å²) in [6, 6.07) is 13.2. The maximum Gasteiger partial charge on any atom is 0.332 e. The Morgan fingerprint density at radius 3 is 2.53 bits per heavy atom. The molecule has 0 saturated heterocycles. The summed E-state index contributed by atoms with van der Waals surface area (Å²) in [6.07, 6.45) is 3.08. The smallest absolute Gasteiger partial charge is 0.321 e. The molecule has 2 heterocycles. The van der Waals surface area contributed by atoms with E-state index in [1.54, 1.807) is 19.3 Å². The highest BCUT2D eigenvalue weighted by Crippen LogP contribution is 2.26. The third-order valence-electron chi connectivity index (χ3n) is 5.34. The topological polar surface area (TPSA) is 86.0 Å². The van der Waals surface area contributed by atoms with Crippen molar-refractivity contribution in [3.05, 3.63) is 80.6 Å². The van der Waals surface area contributed by atoms with Crippen molar-refractivity contribution in [1.29, 1.82) is 0 Å². The van der Waals surface area contributed by atoms with Crippen LogP contribution in [-0.2, 0) is 20.5 Å². The minimum Gasteiger partial charge on any atom is -0.321 e. The van der Waals surface area contributed by atoms with Crippen molar-refractivity contribution in [2.75, 3.05) is 5.32 Å². The molecule has 30 heavy (non-hydrogen) atoms. The van der Waals surface area contributed by atoms with Crippen molar-refractivity contribution in [1.82, 2.24) is 14.1 Å². The molecular formula is C23H22N4O3. The minimum absolute atomic E-state index is 0.235. The van der Waals surface area contributed by atoms with Gasteiger partial charge in [-0.25, -0.2) is 9.78 Å². The van der Waals surface area contributed by atoms with Crippen molar-refractivity contribution >= 4 is 33.4 Å². The average molecular weight is 402 g/mol. The van der Waals surface area contributed by atoms with Gasteiger partial charge in [0.25, 0.3) is 11.5 Å². The Morgan fingerprint density at radius 2 is 1.77 bits per heavy atom. The zero-order valence-corrected chi connectivity index (χ0v) is 17.1. The van der Waals surface area contributed by atoms with Gasteiger partial charge in [-0.05, 0) is 28.8 Å². The fraction of sp³-hybridized carbons (Fsp3) is 0.217. The fourth-order valence-electron chi connectivity index (χ4n) is 3.77. The predicted octanol–water partition coefficient (Wildman–Crippen LogP) is 2.99. The number of nitrogens with zero attached hydrogens (tertiary/aromatic N) is 3. The molecule has 7 nitrogen and oxygen atoms in total. The Kier molecular flexibility index (Phi) is 4.95. The van der Waals surface area contributed by atoms with E-state index in [1.807, 2.05) is 43.3 Å². The van der Waals surface area contributed by atoms with Gasteiger partial charge in [0.15, 0.2) is 5.65 Å². The first kappa shape index (κ1) is 19.6. The van der Waals surface area contributed by atoms with Crippen molar-refractivity contribution in [2.45, 2.75) is 19.8 Å². The first-order chi connectivity index (χ1) is 14.4. The summed E-state index contributed by atoms with van der Waals surface area (Å²) in [6.45, 7) is 2.01. The van der Waals surface area contributed by atoms with Crippen LogP contribution in [-0.4, -0.2) is 20.0 Å². The van der Waals surface area contributed by atoms with Crippen LogP contribution in [0.2, 0.25) is 0 Å². The quantitative estimate of drug-likeness (QED) is 0.569. The standard InChI is InChI=1S/C23H22N4O3/c1-4-8-15-13-24-20-18(22(29)27(3)23(30)26(20)2)19(15)25-21(28)17-12-7-10-14-9-5-6-11-16(14)17/h5-7,9-13H,4,8H2,1-3H3,(H,24,25,28). The van der Waals surface area contributed by atoms with Crippen molar-refractivity contribution in [3.8, 4) is 0 Å². The van der Waals surface area contributed by atoms with Gasteiger partial charge in [-0.3, -0.25) is 18.7 Å². The number of aromatic nitrogens is 3. The van der Waals surface area contributed by atoms with Crippen LogP contribution in [0.25, 0.3) is 21.8 Å². The number of pyridine rings is 1. The van der Waals surface area contributed by atoms with E-state index < -0.39 is 11.2 Å². The molecule has 1 N–H and O–H groups in total. The van der Waals surface area contributed by atoms with Gasteiger partial charge in [0.1, 0.15) is 5.39 Å². The number of amides is 1. The molecule has 152 valence electrons. The first-order valence-corrected chi connectivity index (χ1v) is 9.80. The van der Waals surface area contributed by atoms with Gasteiger partial charge in [0.2, 0.25) is 0 Å². The lowest BCUT2D eigenvalue weighted by Crippen LogP contribution is -2.38. The average Bonchev–Trinajstić information content (AvgIpc) is 2.76. The number of hydrogen-bond acceptors (Lipinski definition) is 4. The van der Waals surface area contributed by atoms with Gasteiger partial charge in [-0.2, -0.15) is 0 Å². The highest BCUT2D eigenvalue weighted by atomic mass is 16.2. The van der Waals surface area contributed by atoms with E-state index in [1.165, 1.54) is 11.6 Å². The van der Waals surface area contributed by atoms with Crippen LogP contribution < -0.4 is 16.6 Å². The summed E-state index contributed by atoms with van der Waals surface area (Å²) in [5, 5.41) is 4.97. The normalized spacial score (nSPS) is 11.2. The summed E-state index contributed by atoms with van der Waals surface area (Å²) < 4.78 is 2.35. The van der Waals surface area contributed by atoms with E-state index in [0.29, 0.717) is 17.7 Å². The molecule has 0 aliphatic carbocycles.